The monoisotopic (exact) mass is 973 g/mol. The maximum absolute atomic E-state index is 14.2. The molecule has 3 saturated heterocycles. The minimum Gasteiger partial charge on any atom is -0.495 e. The van der Waals surface area contributed by atoms with E-state index in [4.69, 9.17) is 35.4 Å². The molecule has 0 aliphatic carbocycles. The lowest BCUT2D eigenvalue weighted by Gasteiger charge is -2.44. The van der Waals surface area contributed by atoms with Crippen molar-refractivity contribution in [2.75, 3.05) is 20.3 Å². The van der Waals surface area contributed by atoms with Gasteiger partial charge in [0.2, 0.25) is 17.7 Å². The largest absolute Gasteiger partial charge is 0.495 e. The van der Waals surface area contributed by atoms with Crippen LogP contribution in [0.5, 0.6) is 5.75 Å². The van der Waals surface area contributed by atoms with Crippen molar-refractivity contribution in [2.45, 2.75) is 130 Å². The number of halogens is 1. The van der Waals surface area contributed by atoms with Crippen LogP contribution in [-0.2, 0) is 72.2 Å². The molecule has 5 heterocycles. The van der Waals surface area contributed by atoms with Crippen LogP contribution in [0, 0.1) is 16.7 Å². The second-order valence-electron chi connectivity index (χ2n) is 19.7. The first-order valence-electron chi connectivity index (χ1n) is 23.1. The molecule has 2 bridgehead atoms. The van der Waals surface area contributed by atoms with Crippen molar-refractivity contribution in [1.29, 1.82) is 0 Å². The predicted octanol–water partition coefficient (Wildman–Crippen LogP) is 4.34. The molecule has 7 atom stereocenters. The van der Waals surface area contributed by atoms with Gasteiger partial charge in [-0.05, 0) is 60.6 Å². The van der Waals surface area contributed by atoms with Gasteiger partial charge >= 0.3 is 11.9 Å². The number of ether oxygens (including phenoxy) is 4. The first-order chi connectivity index (χ1) is 32.7. The van der Waals surface area contributed by atoms with E-state index in [2.05, 4.69) is 20.9 Å². The highest BCUT2D eigenvalue weighted by Gasteiger charge is 2.49. The van der Waals surface area contributed by atoms with Gasteiger partial charge in [0, 0.05) is 38.1 Å². The molecule has 2 aromatic carbocycles. The number of hydroxylamine groups is 2. The van der Waals surface area contributed by atoms with Crippen molar-refractivity contribution in [3.8, 4) is 5.75 Å². The van der Waals surface area contributed by atoms with Crippen LogP contribution in [0.3, 0.4) is 0 Å². The Hall–Kier alpha value is -6.18. The molecular formula is C49H60ClN7O12. The number of carbonyl (C=O) groups excluding carboxylic acids is 7. The number of aromatic nitrogens is 3. The van der Waals surface area contributed by atoms with Gasteiger partial charge in [-0.25, -0.2) is 14.3 Å². The Morgan fingerprint density at radius 1 is 1.00 bits per heavy atom. The van der Waals surface area contributed by atoms with Gasteiger partial charge in [-0.2, -0.15) is 0 Å². The fourth-order valence-electron chi connectivity index (χ4n) is 8.63. The maximum Gasteiger partial charge on any atom is 0.335 e. The molecule has 69 heavy (non-hydrogen) atoms. The molecule has 4 aliphatic rings. The number of rotatable bonds is 15. The number of nitrogens with zero attached hydrogens (tertiary/aromatic N) is 5. The summed E-state index contributed by atoms with van der Waals surface area (Å²) in [6, 6.07) is 10.4. The van der Waals surface area contributed by atoms with Gasteiger partial charge in [0.15, 0.2) is 0 Å². The number of nitrogens with one attached hydrogen (secondary N) is 2. The van der Waals surface area contributed by atoms with Gasteiger partial charge in [-0.3, -0.25) is 24.0 Å². The third kappa shape index (κ3) is 12.5. The van der Waals surface area contributed by atoms with Crippen LogP contribution in [0.4, 0.5) is 0 Å². The van der Waals surface area contributed by atoms with Crippen LogP contribution >= 0.6 is 11.6 Å². The highest BCUT2D eigenvalue weighted by atomic mass is 35.5. The highest BCUT2D eigenvalue weighted by Crippen LogP contribution is 2.45. The number of piperazine rings is 1. The van der Waals surface area contributed by atoms with Crippen molar-refractivity contribution >= 4 is 53.1 Å². The van der Waals surface area contributed by atoms with E-state index in [-0.39, 0.29) is 81.8 Å². The molecule has 0 radical (unpaired) electrons. The molecule has 20 heteroatoms. The second-order valence-corrected chi connectivity index (χ2v) is 20.2. The van der Waals surface area contributed by atoms with Crippen molar-refractivity contribution in [2.24, 2.45) is 16.7 Å². The SMILES string of the molecule is COc1ccc(C[C@@H]2C(=O)N[C@H]3CN2C(=O)/C=C/C[C@@H](C(C)C2OC2c2ccc(Cn4cc(COCCC(=O)ON5C(=O)CCC5=O)nn4)cc2)OC(=O)C(CC(C)(C)C)NC(=O)C3(C)C)cc1Cl. The molecule has 2 N–H and O–H groups in total. The van der Waals surface area contributed by atoms with Gasteiger partial charge in [0.05, 0.1) is 62.1 Å². The van der Waals surface area contributed by atoms with E-state index in [1.807, 2.05) is 52.0 Å². The molecule has 5 amide bonds. The van der Waals surface area contributed by atoms with E-state index in [9.17, 15) is 33.6 Å². The molecule has 1 aromatic heterocycles. The average molecular weight is 975 g/mol. The number of hydrogen-bond acceptors (Lipinski definition) is 14. The number of imide groups is 1. The summed E-state index contributed by atoms with van der Waals surface area (Å²) in [5.74, 6) is -3.63. The van der Waals surface area contributed by atoms with Crippen LogP contribution in [0.1, 0.15) is 102 Å². The third-order valence-corrected chi connectivity index (χ3v) is 13.1. The molecule has 19 nitrogen and oxygen atoms in total. The van der Waals surface area contributed by atoms with Crippen LogP contribution in [0.15, 0.2) is 60.8 Å². The van der Waals surface area contributed by atoms with E-state index in [1.54, 1.807) is 49.0 Å². The zero-order chi connectivity index (χ0) is 49.8. The second kappa shape index (κ2) is 21.2. The van der Waals surface area contributed by atoms with E-state index in [0.717, 1.165) is 16.7 Å². The average Bonchev–Trinajstić information content (AvgIpc) is 3.87. The number of benzene rings is 2. The lowest BCUT2D eigenvalue weighted by atomic mass is 9.80. The molecule has 4 unspecified atom stereocenters. The summed E-state index contributed by atoms with van der Waals surface area (Å²) in [6.45, 7) is 11.7. The first kappa shape index (κ1) is 50.7. The van der Waals surface area contributed by atoms with E-state index < -0.39 is 71.1 Å². The minimum absolute atomic E-state index is 0.00968. The topological polar surface area (TPSA) is 230 Å². The third-order valence-electron chi connectivity index (χ3n) is 12.8. The van der Waals surface area contributed by atoms with Crippen LogP contribution in [0.25, 0.3) is 0 Å². The Labute approximate surface area is 405 Å². The van der Waals surface area contributed by atoms with Gasteiger partial charge in [-0.1, -0.05) is 80.9 Å². The Bertz CT molecular complexity index is 2450. The minimum atomic E-state index is -1.25. The molecule has 370 valence electrons. The Kier molecular flexibility index (Phi) is 15.6. The summed E-state index contributed by atoms with van der Waals surface area (Å²) in [5.41, 5.74) is 1.48. The summed E-state index contributed by atoms with van der Waals surface area (Å²) in [4.78, 5) is 98.2. The van der Waals surface area contributed by atoms with Crippen LogP contribution in [0.2, 0.25) is 5.02 Å². The number of cyclic esters (lactones) is 1. The van der Waals surface area contributed by atoms with E-state index in [0.29, 0.717) is 28.1 Å². The highest BCUT2D eigenvalue weighted by molar-refractivity contribution is 6.32. The molecule has 4 aliphatic heterocycles. The fourth-order valence-corrected chi connectivity index (χ4v) is 8.91. The standard InChI is InChI=1S/C49H60ClN7O12/c1-28(43-44(68-43)31-14-11-29(12-15-31)24-55-25-32(53-54-55)27-66-20-19-42(61)69-57-40(59)17-18-41(57)60)36-9-8-10-39(58)56-26-38(49(5,6)47(64)51-34(46(63)67-36)23-48(2,3)4)52-45(62)35(56)22-30-13-16-37(65-7)33(50)21-30/h8,10-16,21,25,28,34-36,38,43-44H,9,17-20,22-24,26-27H2,1-7H3,(H,51,64)(H,52,62)/b10-8+/t28?,34?,35-,36+,38+,43?,44?/m1/s1. The van der Waals surface area contributed by atoms with Gasteiger partial charge in [0.1, 0.15) is 35.7 Å². The fraction of sp³-hybridized carbons (Fsp3) is 0.531. The summed E-state index contributed by atoms with van der Waals surface area (Å²) in [6.07, 6.45) is 3.91. The van der Waals surface area contributed by atoms with Gasteiger partial charge in [-0.15, -0.1) is 10.2 Å². The van der Waals surface area contributed by atoms with Crippen molar-refractivity contribution in [3.63, 3.8) is 0 Å². The predicted molar refractivity (Wildman–Crippen MR) is 246 cm³/mol. The number of carbonyl (C=O) groups is 7. The molecule has 7 rings (SSSR count). The lowest BCUT2D eigenvalue weighted by molar-refractivity contribution is -0.198. The van der Waals surface area contributed by atoms with Crippen LogP contribution < -0.4 is 15.4 Å². The zero-order valence-electron chi connectivity index (χ0n) is 39.9. The first-order valence-corrected chi connectivity index (χ1v) is 23.5. The Morgan fingerprint density at radius 2 is 1.71 bits per heavy atom. The number of hydrogen-bond donors (Lipinski definition) is 2. The molecule has 3 fully saturated rings. The number of methoxy groups -OCH3 is 1. The van der Waals surface area contributed by atoms with E-state index >= 15 is 0 Å². The lowest BCUT2D eigenvalue weighted by Crippen LogP contribution is -2.67. The normalized spacial score (nSPS) is 25.0. The Morgan fingerprint density at radius 3 is 2.39 bits per heavy atom. The van der Waals surface area contributed by atoms with E-state index in [1.165, 1.54) is 18.1 Å². The quantitative estimate of drug-likeness (QED) is 0.0935. The molecular weight excluding hydrogens is 914 g/mol. The van der Waals surface area contributed by atoms with Gasteiger partial charge < -0.3 is 39.3 Å². The maximum atomic E-state index is 14.2. The van der Waals surface area contributed by atoms with Crippen molar-refractivity contribution in [3.05, 3.63) is 88.2 Å². The molecule has 0 spiro atoms. The number of amides is 5. The van der Waals surface area contributed by atoms with Crippen molar-refractivity contribution in [1.82, 2.24) is 35.6 Å². The van der Waals surface area contributed by atoms with Crippen molar-refractivity contribution < 1.29 is 57.3 Å². The number of epoxide rings is 1. The summed E-state index contributed by atoms with van der Waals surface area (Å²) in [5, 5.41) is 15.1. The summed E-state index contributed by atoms with van der Waals surface area (Å²) >= 11 is 6.43. The zero-order valence-corrected chi connectivity index (χ0v) is 40.7. The van der Waals surface area contributed by atoms with Gasteiger partial charge in [0.25, 0.3) is 11.8 Å². The molecule has 0 saturated carbocycles. The Balaban J connectivity index is 1.00. The number of fused-ring (bicyclic) bond motifs is 2. The molecule has 3 aromatic rings. The van der Waals surface area contributed by atoms with Crippen LogP contribution in [-0.4, -0.2) is 117 Å². The smallest absolute Gasteiger partial charge is 0.335 e. The summed E-state index contributed by atoms with van der Waals surface area (Å²) in [7, 11) is 1.51. The summed E-state index contributed by atoms with van der Waals surface area (Å²) < 4.78 is 25.0. The number of esters is 1.